The Morgan fingerprint density at radius 3 is 1.26 bits per heavy atom. The summed E-state index contributed by atoms with van der Waals surface area (Å²) in [6.07, 6.45) is 0. The van der Waals surface area contributed by atoms with Crippen molar-refractivity contribution < 1.29 is 0 Å². The molecule has 0 bridgehead atoms. The first-order valence-electron chi connectivity index (χ1n) is 26.5. The van der Waals surface area contributed by atoms with Crippen LogP contribution in [0.15, 0.2) is 273 Å². The first kappa shape index (κ1) is 44.6. The van der Waals surface area contributed by atoms with Gasteiger partial charge in [-0.2, -0.15) is 0 Å². The first-order chi connectivity index (χ1) is 38.7. The lowest BCUT2D eigenvalue weighted by Crippen LogP contribution is -1.92. The molecule has 0 aliphatic rings. The lowest BCUT2D eigenvalue weighted by molar-refractivity contribution is 1.18. The molecule has 0 saturated carbocycles. The Morgan fingerprint density at radius 2 is 0.679 bits per heavy atom. The van der Waals surface area contributed by atoms with Gasteiger partial charge in [-0.05, 0) is 111 Å². The van der Waals surface area contributed by atoms with Gasteiger partial charge in [-0.1, -0.05) is 206 Å². The topological polar surface area (TPSA) is 22.8 Å². The van der Waals surface area contributed by atoms with Crippen molar-refractivity contribution in [3.63, 3.8) is 0 Å². The lowest BCUT2D eigenvalue weighted by atomic mass is 9.95. The molecule has 0 fully saturated rings. The van der Waals surface area contributed by atoms with Gasteiger partial charge in [0.1, 0.15) is 5.01 Å². The van der Waals surface area contributed by atoms with Crippen LogP contribution >= 0.6 is 22.7 Å². The van der Waals surface area contributed by atoms with E-state index >= 15 is 0 Å². The van der Waals surface area contributed by atoms with Crippen molar-refractivity contribution >= 4 is 96.7 Å². The highest BCUT2D eigenvalue weighted by Crippen LogP contribution is 2.45. The van der Waals surface area contributed by atoms with Crippen LogP contribution in [0.25, 0.3) is 152 Å². The minimum absolute atomic E-state index is 1.00. The van der Waals surface area contributed by atoms with E-state index in [9.17, 15) is 0 Å². The fourth-order valence-corrected chi connectivity index (χ4v) is 14.4. The monoisotopic (exact) mass is 1030 g/mol. The van der Waals surface area contributed by atoms with Gasteiger partial charge in [0.05, 0.1) is 32.3 Å². The zero-order valence-electron chi connectivity index (χ0n) is 42.1. The van der Waals surface area contributed by atoms with E-state index in [1.165, 1.54) is 113 Å². The van der Waals surface area contributed by atoms with Crippen molar-refractivity contribution in [2.45, 2.75) is 0 Å². The Hall–Kier alpha value is -9.65. The van der Waals surface area contributed by atoms with Gasteiger partial charge >= 0.3 is 0 Å². The molecule has 4 aromatic heterocycles. The van der Waals surface area contributed by atoms with Gasteiger partial charge in [-0.25, -0.2) is 4.98 Å². The number of nitrogens with zero attached hydrogens (tertiary/aromatic N) is 3. The zero-order chi connectivity index (χ0) is 51.3. The summed E-state index contributed by atoms with van der Waals surface area (Å²) in [5.41, 5.74) is 21.1. The van der Waals surface area contributed by atoms with Gasteiger partial charge in [-0.15, -0.1) is 22.7 Å². The van der Waals surface area contributed by atoms with Crippen LogP contribution in [-0.4, -0.2) is 14.1 Å². The number of benzene rings is 12. The second kappa shape index (κ2) is 18.0. The fourth-order valence-electron chi connectivity index (χ4n) is 12.1. The van der Waals surface area contributed by atoms with Crippen LogP contribution in [0.5, 0.6) is 0 Å². The number of aromatic nitrogens is 3. The van der Waals surface area contributed by atoms with Crippen molar-refractivity contribution in [2.24, 2.45) is 0 Å². The first-order valence-corrected chi connectivity index (χ1v) is 28.1. The molecule has 0 N–H and O–H groups in total. The van der Waals surface area contributed by atoms with E-state index in [0.717, 1.165) is 38.6 Å². The summed E-state index contributed by atoms with van der Waals surface area (Å²) in [5, 5.41) is 8.62. The molecule has 78 heavy (non-hydrogen) atoms. The number of thiophene rings is 1. The summed E-state index contributed by atoms with van der Waals surface area (Å²) < 4.78 is 8.56. The number of para-hydroxylation sites is 4. The summed E-state index contributed by atoms with van der Waals surface area (Å²) in [5.74, 6) is 0. The van der Waals surface area contributed by atoms with Gasteiger partial charge in [-0.3, -0.25) is 0 Å². The van der Waals surface area contributed by atoms with E-state index in [1.807, 2.05) is 11.3 Å². The van der Waals surface area contributed by atoms with E-state index in [2.05, 4.69) is 282 Å². The average molecular weight is 1030 g/mol. The third kappa shape index (κ3) is 7.20. The Kier molecular flexibility index (Phi) is 10.3. The summed E-state index contributed by atoms with van der Waals surface area (Å²) >= 11 is 3.65. The normalized spacial score (nSPS) is 11.8. The van der Waals surface area contributed by atoms with Gasteiger partial charge in [0, 0.05) is 69.8 Å². The summed E-state index contributed by atoms with van der Waals surface area (Å²) in [4.78, 5) is 5.56. The highest BCUT2D eigenvalue weighted by molar-refractivity contribution is 7.26. The number of thiazole rings is 1. The molecule has 0 amide bonds. The Labute approximate surface area is 458 Å². The molecule has 0 saturated heterocycles. The van der Waals surface area contributed by atoms with Crippen LogP contribution in [-0.2, 0) is 0 Å². The van der Waals surface area contributed by atoms with Gasteiger partial charge in [0.2, 0.25) is 0 Å². The summed E-state index contributed by atoms with van der Waals surface area (Å²) in [7, 11) is 0. The van der Waals surface area contributed by atoms with E-state index < -0.39 is 0 Å². The summed E-state index contributed by atoms with van der Waals surface area (Å²) in [6, 6.07) is 99.8. The molecule has 16 aromatic rings. The van der Waals surface area contributed by atoms with E-state index in [0.29, 0.717) is 0 Å². The van der Waals surface area contributed by atoms with Crippen molar-refractivity contribution in [1.82, 2.24) is 14.1 Å². The maximum absolute atomic E-state index is 5.56. The predicted octanol–water partition coefficient (Wildman–Crippen LogP) is 20.9. The number of fused-ring (bicyclic) bond motifs is 10. The highest BCUT2D eigenvalue weighted by Gasteiger charge is 2.20. The van der Waals surface area contributed by atoms with Gasteiger partial charge < -0.3 is 9.13 Å². The number of hydrogen-bond donors (Lipinski definition) is 0. The van der Waals surface area contributed by atoms with Crippen LogP contribution in [0.1, 0.15) is 0 Å². The number of rotatable bonds is 8. The maximum Gasteiger partial charge on any atom is 0.124 e. The van der Waals surface area contributed by atoms with E-state index in [1.54, 1.807) is 11.3 Å². The van der Waals surface area contributed by atoms with Gasteiger partial charge in [0.15, 0.2) is 0 Å². The van der Waals surface area contributed by atoms with E-state index in [-0.39, 0.29) is 0 Å². The predicted molar refractivity (Wildman–Crippen MR) is 334 cm³/mol. The van der Waals surface area contributed by atoms with Gasteiger partial charge in [0.25, 0.3) is 0 Å². The van der Waals surface area contributed by atoms with Crippen molar-refractivity contribution in [1.29, 1.82) is 0 Å². The largest absolute Gasteiger partial charge is 0.309 e. The second-order valence-electron chi connectivity index (χ2n) is 20.2. The molecular weight excluding hydrogens is 983 g/mol. The molecule has 0 spiro atoms. The average Bonchev–Trinajstić information content (AvgIpc) is 4.49. The van der Waals surface area contributed by atoms with E-state index in [4.69, 9.17) is 4.98 Å². The smallest absolute Gasteiger partial charge is 0.124 e. The van der Waals surface area contributed by atoms with Crippen LogP contribution in [0.4, 0.5) is 0 Å². The molecule has 0 aliphatic carbocycles. The zero-order valence-corrected chi connectivity index (χ0v) is 43.8. The van der Waals surface area contributed by atoms with Crippen molar-refractivity contribution in [3.8, 4) is 77.6 Å². The molecule has 5 heteroatoms. The minimum Gasteiger partial charge on any atom is -0.309 e. The van der Waals surface area contributed by atoms with Crippen LogP contribution in [0, 0.1) is 0 Å². The van der Waals surface area contributed by atoms with Crippen LogP contribution in [0.3, 0.4) is 0 Å². The molecule has 0 unspecified atom stereocenters. The Morgan fingerprint density at radius 1 is 0.256 bits per heavy atom. The summed E-state index contributed by atoms with van der Waals surface area (Å²) in [6.45, 7) is 0. The SMILES string of the molecule is c1ccc(-n2c3ccccc3c3cc(-c4ccc(-c5ccc(-c6ccc(-c7ccc8c(c7)c7ccccc7n8-c7ccccc7)cc6)c6sc(-c7ccc(-c8cccc9c8sc8ccccc89)cc7)nc56)cc4)ccc32)cc1. The standard InChI is InChI=1S/C73H45N3S2/c1-3-14-54(15-4-1)75-65-23-10-7-18-59(65)63-44-52(38-42-67(63)75)46-26-30-48(31-27-46)56-40-41-58(50-32-28-47(29-33-50)53-39-43-68-64(45-53)60-19-8-11-24-66(60)76(68)55-16-5-2-6-17-55)72-70(56)74-73(78-72)51-36-34-49(35-37-51)57-21-13-22-62-61-20-9-12-25-69(61)77-71(57)62/h1-45H. The molecule has 3 nitrogen and oxygen atoms in total. The molecule has 0 aliphatic heterocycles. The molecular formula is C73H45N3S2. The molecule has 4 heterocycles. The molecule has 0 radical (unpaired) electrons. The fraction of sp³-hybridized carbons (Fsp3) is 0. The Bertz CT molecular complexity index is 4750. The third-order valence-corrected chi connectivity index (χ3v) is 18.2. The lowest BCUT2D eigenvalue weighted by Gasteiger charge is -2.11. The quantitative estimate of drug-likeness (QED) is 0.149. The van der Waals surface area contributed by atoms with Crippen LogP contribution in [0.2, 0.25) is 0 Å². The molecule has 16 rings (SSSR count). The highest BCUT2D eigenvalue weighted by atomic mass is 32.1. The molecule has 364 valence electrons. The number of hydrogen-bond acceptors (Lipinski definition) is 3. The second-order valence-corrected chi connectivity index (χ2v) is 22.3. The molecule has 12 aromatic carbocycles. The van der Waals surface area contributed by atoms with Crippen LogP contribution < -0.4 is 0 Å². The Balaban J connectivity index is 0.782. The maximum atomic E-state index is 5.56. The van der Waals surface area contributed by atoms with Crippen molar-refractivity contribution in [3.05, 3.63) is 273 Å². The third-order valence-electron chi connectivity index (χ3n) is 15.8. The van der Waals surface area contributed by atoms with Crippen molar-refractivity contribution in [2.75, 3.05) is 0 Å². The molecule has 0 atom stereocenters. The minimum atomic E-state index is 1.00.